The van der Waals surface area contributed by atoms with Gasteiger partial charge in [0.05, 0.1) is 11.4 Å². The van der Waals surface area contributed by atoms with Gasteiger partial charge in [0.25, 0.3) is 0 Å². The van der Waals surface area contributed by atoms with Crippen molar-refractivity contribution in [2.45, 2.75) is 5.16 Å². The summed E-state index contributed by atoms with van der Waals surface area (Å²) in [5, 5.41) is 12.0. The van der Waals surface area contributed by atoms with Gasteiger partial charge in [-0.3, -0.25) is 4.79 Å². The minimum atomic E-state index is -0.345. The molecule has 0 spiro atoms. The predicted molar refractivity (Wildman–Crippen MR) is 103 cm³/mol. The van der Waals surface area contributed by atoms with E-state index >= 15 is 0 Å². The number of carbonyl (C=O) groups excluding carboxylic acids is 1. The van der Waals surface area contributed by atoms with E-state index in [4.69, 9.17) is 0 Å². The monoisotopic (exact) mass is 431 g/mol. The van der Waals surface area contributed by atoms with Gasteiger partial charge in [-0.05, 0) is 46.3 Å². The fraction of sp³-hybridized carbons (Fsp3) is 0.0588. The molecule has 1 amide bonds. The Hall–Kier alpha value is -2.52. The van der Waals surface area contributed by atoms with E-state index in [-0.39, 0.29) is 17.5 Å². The number of fused-ring (bicyclic) bond motifs is 3. The van der Waals surface area contributed by atoms with Gasteiger partial charge in [0.15, 0.2) is 5.65 Å². The number of H-pyrrole nitrogens is 1. The molecule has 0 radical (unpaired) electrons. The molecular formula is C17H11BrFN5OS. The maximum Gasteiger partial charge on any atom is 0.234 e. The molecule has 2 N–H and O–H groups in total. The average Bonchev–Trinajstić information content (AvgIpc) is 2.99. The second kappa shape index (κ2) is 7.00. The zero-order valence-electron chi connectivity index (χ0n) is 13.2. The summed E-state index contributed by atoms with van der Waals surface area (Å²) in [5.41, 5.74) is 2.44. The Morgan fingerprint density at radius 1 is 1.23 bits per heavy atom. The van der Waals surface area contributed by atoms with Crippen LogP contribution in [-0.4, -0.2) is 31.8 Å². The standard InChI is InChI=1S/C17H11BrFN5OS/c18-11-3-1-2-4-13(11)20-14(25)8-26-17-22-16-15(23-24-17)10-7-9(19)5-6-12(10)21-16/h1-7H,8H2,(H,20,25)(H,21,22,24). The SMILES string of the molecule is O=C(CSc1nnc2c(n1)[nH]c1ccc(F)cc12)Nc1ccccc1Br. The Labute approximate surface area is 159 Å². The molecule has 0 aliphatic rings. The molecule has 26 heavy (non-hydrogen) atoms. The number of hydrogen-bond acceptors (Lipinski definition) is 5. The van der Waals surface area contributed by atoms with Crippen LogP contribution in [0.2, 0.25) is 0 Å². The van der Waals surface area contributed by atoms with E-state index in [1.54, 1.807) is 12.1 Å². The summed E-state index contributed by atoms with van der Waals surface area (Å²) in [6.45, 7) is 0. The van der Waals surface area contributed by atoms with Gasteiger partial charge in [-0.1, -0.05) is 23.9 Å². The number of carbonyl (C=O) groups is 1. The Balaban J connectivity index is 1.50. The Morgan fingerprint density at radius 2 is 2.08 bits per heavy atom. The van der Waals surface area contributed by atoms with Crippen LogP contribution in [0.3, 0.4) is 0 Å². The van der Waals surface area contributed by atoms with E-state index in [2.05, 4.69) is 41.4 Å². The van der Waals surface area contributed by atoms with Crippen LogP contribution in [0, 0.1) is 5.82 Å². The molecule has 130 valence electrons. The summed E-state index contributed by atoms with van der Waals surface area (Å²) in [4.78, 5) is 19.5. The van der Waals surface area contributed by atoms with Crippen molar-refractivity contribution < 1.29 is 9.18 Å². The van der Waals surface area contributed by atoms with Crippen molar-refractivity contribution >= 4 is 61.4 Å². The van der Waals surface area contributed by atoms with E-state index in [1.165, 1.54) is 23.9 Å². The molecule has 6 nitrogen and oxygen atoms in total. The minimum absolute atomic E-state index is 0.142. The molecule has 4 rings (SSSR count). The lowest BCUT2D eigenvalue weighted by Gasteiger charge is -2.06. The summed E-state index contributed by atoms with van der Waals surface area (Å²) in [7, 11) is 0. The van der Waals surface area contributed by atoms with Crippen LogP contribution in [0.15, 0.2) is 52.1 Å². The van der Waals surface area contributed by atoms with Gasteiger partial charge in [-0.2, -0.15) is 0 Å². The van der Waals surface area contributed by atoms with Crippen LogP contribution in [0.5, 0.6) is 0 Å². The van der Waals surface area contributed by atoms with Gasteiger partial charge < -0.3 is 10.3 Å². The van der Waals surface area contributed by atoms with Crippen LogP contribution < -0.4 is 5.32 Å². The number of hydrogen-bond donors (Lipinski definition) is 2. The highest BCUT2D eigenvalue weighted by molar-refractivity contribution is 9.10. The number of anilines is 1. The molecular weight excluding hydrogens is 421 g/mol. The third-order valence-electron chi connectivity index (χ3n) is 3.64. The molecule has 0 fully saturated rings. The molecule has 0 unspecified atom stereocenters. The number of thioether (sulfide) groups is 1. The van der Waals surface area contributed by atoms with Crippen LogP contribution in [0.25, 0.3) is 22.1 Å². The highest BCUT2D eigenvalue weighted by atomic mass is 79.9. The predicted octanol–water partition coefficient (Wildman–Crippen LogP) is 4.14. The van der Waals surface area contributed by atoms with Crippen molar-refractivity contribution in [2.24, 2.45) is 0 Å². The van der Waals surface area contributed by atoms with E-state index < -0.39 is 0 Å². The summed E-state index contributed by atoms with van der Waals surface area (Å²) < 4.78 is 14.2. The first-order valence-corrected chi connectivity index (χ1v) is 9.37. The average molecular weight is 432 g/mol. The van der Waals surface area contributed by atoms with Gasteiger partial charge in [-0.15, -0.1) is 10.2 Å². The third-order valence-corrected chi connectivity index (χ3v) is 5.17. The van der Waals surface area contributed by atoms with Gasteiger partial charge in [0.1, 0.15) is 11.3 Å². The summed E-state index contributed by atoms with van der Waals surface area (Å²) in [6.07, 6.45) is 0. The van der Waals surface area contributed by atoms with Crippen LogP contribution >= 0.6 is 27.7 Å². The van der Waals surface area contributed by atoms with Crippen molar-refractivity contribution in [1.29, 1.82) is 0 Å². The van der Waals surface area contributed by atoms with Crippen molar-refractivity contribution in [3.63, 3.8) is 0 Å². The van der Waals surface area contributed by atoms with Gasteiger partial charge in [-0.25, -0.2) is 9.37 Å². The minimum Gasteiger partial charge on any atom is -0.338 e. The first-order chi connectivity index (χ1) is 12.6. The molecule has 0 saturated heterocycles. The Kier molecular flexibility index (Phi) is 4.56. The van der Waals surface area contributed by atoms with Crippen LogP contribution in [-0.2, 0) is 4.79 Å². The van der Waals surface area contributed by atoms with E-state index in [9.17, 15) is 9.18 Å². The second-order valence-electron chi connectivity index (χ2n) is 5.42. The molecule has 9 heteroatoms. The molecule has 2 heterocycles. The summed E-state index contributed by atoms with van der Waals surface area (Å²) in [6, 6.07) is 11.8. The lowest BCUT2D eigenvalue weighted by Crippen LogP contribution is -2.14. The molecule has 0 aliphatic carbocycles. The first-order valence-electron chi connectivity index (χ1n) is 7.59. The third kappa shape index (κ3) is 3.40. The maximum atomic E-state index is 13.4. The smallest absolute Gasteiger partial charge is 0.234 e. The molecule has 2 aromatic carbocycles. The normalized spacial score (nSPS) is 11.2. The number of aromatic amines is 1. The lowest BCUT2D eigenvalue weighted by atomic mass is 10.2. The van der Waals surface area contributed by atoms with Crippen LogP contribution in [0.4, 0.5) is 10.1 Å². The fourth-order valence-corrected chi connectivity index (χ4v) is 3.44. The first kappa shape index (κ1) is 16.9. The van der Waals surface area contributed by atoms with Crippen molar-refractivity contribution in [2.75, 3.05) is 11.1 Å². The largest absolute Gasteiger partial charge is 0.338 e. The van der Waals surface area contributed by atoms with E-state index in [0.717, 1.165) is 9.99 Å². The number of nitrogens with one attached hydrogen (secondary N) is 2. The number of benzene rings is 2. The number of halogens is 2. The Bertz CT molecular complexity index is 1130. The van der Waals surface area contributed by atoms with E-state index in [1.807, 2.05) is 18.2 Å². The fourth-order valence-electron chi connectivity index (χ4n) is 2.47. The highest BCUT2D eigenvalue weighted by Gasteiger charge is 2.12. The quantitative estimate of drug-likeness (QED) is 0.474. The zero-order valence-corrected chi connectivity index (χ0v) is 15.6. The number of rotatable bonds is 4. The lowest BCUT2D eigenvalue weighted by molar-refractivity contribution is -0.113. The van der Waals surface area contributed by atoms with Crippen LogP contribution in [0.1, 0.15) is 0 Å². The molecule has 2 aromatic heterocycles. The van der Waals surface area contributed by atoms with Crippen molar-refractivity contribution in [3.05, 3.63) is 52.8 Å². The zero-order chi connectivity index (χ0) is 18.1. The molecule has 4 aromatic rings. The summed E-state index contributed by atoms with van der Waals surface area (Å²) >= 11 is 4.56. The molecule has 0 saturated carbocycles. The molecule has 0 bridgehead atoms. The number of para-hydroxylation sites is 1. The second-order valence-corrected chi connectivity index (χ2v) is 7.22. The number of aromatic nitrogens is 4. The van der Waals surface area contributed by atoms with Gasteiger partial charge >= 0.3 is 0 Å². The van der Waals surface area contributed by atoms with E-state index in [0.29, 0.717) is 27.4 Å². The van der Waals surface area contributed by atoms with Crippen molar-refractivity contribution in [1.82, 2.24) is 20.2 Å². The number of nitrogens with zero attached hydrogens (tertiary/aromatic N) is 3. The molecule has 0 atom stereocenters. The summed E-state index contributed by atoms with van der Waals surface area (Å²) in [5.74, 6) is -0.379. The number of amides is 1. The maximum absolute atomic E-state index is 13.4. The highest BCUT2D eigenvalue weighted by Crippen LogP contribution is 2.25. The van der Waals surface area contributed by atoms with Crippen molar-refractivity contribution in [3.8, 4) is 0 Å². The molecule has 0 aliphatic heterocycles. The van der Waals surface area contributed by atoms with Gasteiger partial charge in [0.2, 0.25) is 11.1 Å². The topological polar surface area (TPSA) is 83.6 Å². The van der Waals surface area contributed by atoms with Gasteiger partial charge in [0, 0.05) is 15.4 Å². The Morgan fingerprint density at radius 3 is 2.92 bits per heavy atom.